The van der Waals surface area contributed by atoms with Gasteiger partial charge in [0.05, 0.1) is 5.52 Å². The molecule has 0 unspecified atom stereocenters. The number of nitrogens with zero attached hydrogens (tertiary/aromatic N) is 1. The Morgan fingerprint density at radius 1 is 1.41 bits per heavy atom. The average molecular weight is 233 g/mol. The Bertz CT molecular complexity index is 567. The monoisotopic (exact) mass is 233 g/mol. The third-order valence-electron chi connectivity index (χ3n) is 2.18. The minimum Gasteiger partial charge on any atom is -0.455 e. The molecule has 0 aliphatic heterocycles. The van der Waals surface area contributed by atoms with Crippen LogP contribution in [0.15, 0.2) is 18.2 Å². The zero-order chi connectivity index (χ0) is 12.6. The first-order chi connectivity index (χ1) is 7.87. The van der Waals surface area contributed by atoms with Crippen molar-refractivity contribution in [3.8, 4) is 0 Å². The van der Waals surface area contributed by atoms with Crippen LogP contribution in [0, 0.1) is 0 Å². The summed E-state index contributed by atoms with van der Waals surface area (Å²) in [6, 6.07) is 5.24. The number of carbonyl (C=O) groups excluding carboxylic acids is 1. The minimum atomic E-state index is -0.539. The van der Waals surface area contributed by atoms with Gasteiger partial charge in [-0.05, 0) is 39.0 Å². The molecule has 0 aliphatic carbocycles. The first-order valence-electron chi connectivity index (χ1n) is 5.34. The molecule has 0 aliphatic rings. The Morgan fingerprint density at radius 3 is 2.76 bits per heavy atom. The van der Waals surface area contributed by atoms with E-state index in [2.05, 4.69) is 10.2 Å². The van der Waals surface area contributed by atoms with E-state index in [-0.39, 0.29) is 5.69 Å². The minimum absolute atomic E-state index is 0.266. The maximum Gasteiger partial charge on any atom is 0.360 e. The summed E-state index contributed by atoms with van der Waals surface area (Å²) >= 11 is 0. The number of esters is 1. The quantitative estimate of drug-likeness (QED) is 0.583. The number of nitrogens with one attached hydrogen (secondary N) is 1. The number of hydrogen-bond acceptors (Lipinski definition) is 4. The maximum atomic E-state index is 11.9. The topological polar surface area (TPSA) is 81.0 Å². The third kappa shape index (κ3) is 2.38. The lowest BCUT2D eigenvalue weighted by Gasteiger charge is -2.18. The summed E-state index contributed by atoms with van der Waals surface area (Å²) < 4.78 is 5.27. The Labute approximate surface area is 98.9 Å². The van der Waals surface area contributed by atoms with E-state index in [1.807, 2.05) is 20.8 Å². The molecule has 1 aromatic carbocycles. The van der Waals surface area contributed by atoms with E-state index in [1.54, 1.807) is 18.2 Å². The van der Waals surface area contributed by atoms with Gasteiger partial charge in [0.2, 0.25) is 0 Å². The summed E-state index contributed by atoms with van der Waals surface area (Å²) in [7, 11) is 0. The molecule has 1 aromatic heterocycles. The Balaban J connectivity index is 2.42. The first-order valence-corrected chi connectivity index (χ1v) is 5.34. The zero-order valence-corrected chi connectivity index (χ0v) is 10.1. The molecule has 0 atom stereocenters. The van der Waals surface area contributed by atoms with Crippen LogP contribution >= 0.6 is 0 Å². The highest BCUT2D eigenvalue weighted by atomic mass is 16.6. The number of aromatic nitrogens is 2. The van der Waals surface area contributed by atoms with Crippen LogP contribution in [0.25, 0.3) is 10.9 Å². The SMILES string of the molecule is CC(C)(C)OC(=O)c1n[nH]c2ccc(N)cc12. The van der Waals surface area contributed by atoms with Crippen molar-refractivity contribution in [3.63, 3.8) is 0 Å². The third-order valence-corrected chi connectivity index (χ3v) is 2.18. The van der Waals surface area contributed by atoms with Crippen LogP contribution in [0.4, 0.5) is 5.69 Å². The predicted octanol–water partition coefficient (Wildman–Crippen LogP) is 2.10. The van der Waals surface area contributed by atoms with Gasteiger partial charge >= 0.3 is 5.97 Å². The Kier molecular flexibility index (Phi) is 2.53. The number of ether oxygens (including phenoxy) is 1. The molecule has 0 amide bonds. The Hall–Kier alpha value is -2.04. The van der Waals surface area contributed by atoms with E-state index in [1.165, 1.54) is 0 Å². The average Bonchev–Trinajstić information content (AvgIpc) is 2.57. The molecular formula is C12H15N3O2. The van der Waals surface area contributed by atoms with Crippen LogP contribution in [-0.2, 0) is 4.74 Å². The molecule has 5 nitrogen and oxygen atoms in total. The van der Waals surface area contributed by atoms with Crippen LogP contribution in [0.2, 0.25) is 0 Å². The summed E-state index contributed by atoms with van der Waals surface area (Å²) in [5.74, 6) is -0.450. The number of nitrogens with two attached hydrogens (primary N) is 1. The van der Waals surface area contributed by atoms with Crippen molar-refractivity contribution in [2.75, 3.05) is 5.73 Å². The van der Waals surface area contributed by atoms with Crippen molar-refractivity contribution in [2.24, 2.45) is 0 Å². The number of carbonyl (C=O) groups is 1. The lowest BCUT2D eigenvalue weighted by Crippen LogP contribution is -2.24. The van der Waals surface area contributed by atoms with Crippen LogP contribution < -0.4 is 5.73 Å². The number of H-pyrrole nitrogens is 1. The first kappa shape index (κ1) is 11.4. The van der Waals surface area contributed by atoms with E-state index >= 15 is 0 Å². The highest BCUT2D eigenvalue weighted by Crippen LogP contribution is 2.21. The molecule has 0 saturated carbocycles. The smallest absolute Gasteiger partial charge is 0.360 e. The molecule has 1 heterocycles. The molecule has 90 valence electrons. The molecular weight excluding hydrogens is 218 g/mol. The second-order valence-electron chi connectivity index (χ2n) is 4.88. The van der Waals surface area contributed by atoms with Gasteiger partial charge in [-0.1, -0.05) is 0 Å². The van der Waals surface area contributed by atoms with Gasteiger partial charge in [0.15, 0.2) is 5.69 Å². The van der Waals surface area contributed by atoms with Crippen molar-refractivity contribution < 1.29 is 9.53 Å². The van der Waals surface area contributed by atoms with E-state index in [0.717, 1.165) is 5.52 Å². The molecule has 0 spiro atoms. The molecule has 0 radical (unpaired) electrons. The van der Waals surface area contributed by atoms with Gasteiger partial charge in [-0.25, -0.2) is 4.79 Å². The van der Waals surface area contributed by atoms with Crippen molar-refractivity contribution in [2.45, 2.75) is 26.4 Å². The largest absolute Gasteiger partial charge is 0.455 e. The normalized spacial score (nSPS) is 11.7. The summed E-state index contributed by atoms with van der Waals surface area (Å²) in [4.78, 5) is 11.9. The second-order valence-corrected chi connectivity index (χ2v) is 4.88. The summed E-state index contributed by atoms with van der Waals surface area (Å²) in [6.07, 6.45) is 0. The fraction of sp³-hybridized carbons (Fsp3) is 0.333. The van der Waals surface area contributed by atoms with E-state index < -0.39 is 11.6 Å². The molecule has 0 bridgehead atoms. The van der Waals surface area contributed by atoms with Crippen LogP contribution in [0.3, 0.4) is 0 Å². The van der Waals surface area contributed by atoms with Gasteiger partial charge in [-0.3, -0.25) is 5.10 Å². The number of aromatic amines is 1. The predicted molar refractivity (Wildman–Crippen MR) is 65.7 cm³/mol. The van der Waals surface area contributed by atoms with Crippen molar-refractivity contribution in [1.82, 2.24) is 10.2 Å². The highest BCUT2D eigenvalue weighted by Gasteiger charge is 2.21. The molecule has 3 N–H and O–H groups in total. The fourth-order valence-corrected chi connectivity index (χ4v) is 1.51. The van der Waals surface area contributed by atoms with Crippen LogP contribution in [0.1, 0.15) is 31.3 Å². The number of benzene rings is 1. The van der Waals surface area contributed by atoms with E-state index in [4.69, 9.17) is 10.5 Å². The number of anilines is 1. The van der Waals surface area contributed by atoms with Gasteiger partial charge in [-0.15, -0.1) is 0 Å². The second kappa shape index (κ2) is 3.76. The number of hydrogen-bond donors (Lipinski definition) is 2. The van der Waals surface area contributed by atoms with Crippen LogP contribution in [0.5, 0.6) is 0 Å². The van der Waals surface area contributed by atoms with Crippen molar-refractivity contribution in [1.29, 1.82) is 0 Å². The lowest BCUT2D eigenvalue weighted by molar-refractivity contribution is 0.00651. The Morgan fingerprint density at radius 2 is 2.12 bits per heavy atom. The number of rotatable bonds is 1. The summed E-state index contributed by atoms with van der Waals surface area (Å²) in [5, 5.41) is 7.42. The van der Waals surface area contributed by atoms with Crippen molar-refractivity contribution in [3.05, 3.63) is 23.9 Å². The molecule has 2 rings (SSSR count). The maximum absolute atomic E-state index is 11.9. The van der Waals surface area contributed by atoms with Gasteiger partial charge < -0.3 is 10.5 Å². The van der Waals surface area contributed by atoms with E-state index in [9.17, 15) is 4.79 Å². The van der Waals surface area contributed by atoms with Crippen molar-refractivity contribution >= 4 is 22.6 Å². The number of nitrogen functional groups attached to an aromatic ring is 1. The van der Waals surface area contributed by atoms with Gasteiger partial charge in [0.1, 0.15) is 5.60 Å². The zero-order valence-electron chi connectivity index (χ0n) is 10.1. The molecule has 0 saturated heterocycles. The molecule has 5 heteroatoms. The van der Waals surface area contributed by atoms with Crippen LogP contribution in [-0.4, -0.2) is 21.8 Å². The summed E-state index contributed by atoms with van der Waals surface area (Å²) in [6.45, 7) is 5.44. The fourth-order valence-electron chi connectivity index (χ4n) is 1.51. The van der Waals surface area contributed by atoms with E-state index in [0.29, 0.717) is 11.1 Å². The lowest BCUT2D eigenvalue weighted by atomic mass is 10.1. The van der Waals surface area contributed by atoms with Gasteiger partial charge in [-0.2, -0.15) is 5.10 Å². The summed E-state index contributed by atoms with van der Waals surface area (Å²) in [5.41, 5.74) is 6.76. The molecule has 2 aromatic rings. The highest BCUT2D eigenvalue weighted by molar-refractivity contribution is 6.02. The molecule has 0 fully saturated rings. The van der Waals surface area contributed by atoms with Gasteiger partial charge in [0.25, 0.3) is 0 Å². The molecule has 17 heavy (non-hydrogen) atoms. The van der Waals surface area contributed by atoms with Gasteiger partial charge in [0, 0.05) is 11.1 Å². The standard InChI is InChI=1S/C12H15N3O2/c1-12(2,3)17-11(16)10-8-6-7(13)4-5-9(8)14-15-10/h4-6H,13H2,1-3H3,(H,14,15). The number of fused-ring (bicyclic) bond motifs is 1.